The highest BCUT2D eigenvalue weighted by Gasteiger charge is 2.20. The van der Waals surface area contributed by atoms with Gasteiger partial charge in [-0.05, 0) is 57.3 Å². The first-order valence-corrected chi connectivity index (χ1v) is 11.2. The molecule has 2 saturated heterocycles. The molecule has 0 N–H and O–H groups in total. The van der Waals surface area contributed by atoms with Crippen LogP contribution in [-0.4, -0.2) is 26.4 Å². The minimum absolute atomic E-state index is 0.238. The van der Waals surface area contributed by atoms with Crippen LogP contribution in [0.5, 0.6) is 0 Å². The predicted molar refractivity (Wildman–Crippen MR) is 124 cm³/mol. The maximum absolute atomic E-state index is 5.61. The largest absolute Gasteiger partial charge is 0.346 e. The Hall–Kier alpha value is -1.77. The third-order valence-electron chi connectivity index (χ3n) is 5.45. The van der Waals surface area contributed by atoms with Crippen LogP contribution < -0.4 is 0 Å². The summed E-state index contributed by atoms with van der Waals surface area (Å²) in [7, 11) is 0. The number of ether oxygens (including phenoxy) is 4. The molecule has 0 aromatic heterocycles. The zero-order valence-corrected chi connectivity index (χ0v) is 18.9. The van der Waals surface area contributed by atoms with Gasteiger partial charge in [0, 0.05) is 14.7 Å². The van der Waals surface area contributed by atoms with Crippen molar-refractivity contribution in [2.75, 3.05) is 26.4 Å². The van der Waals surface area contributed by atoms with Gasteiger partial charge in [0.05, 0.1) is 26.4 Å². The second-order valence-electron chi connectivity index (χ2n) is 7.57. The van der Waals surface area contributed by atoms with Crippen molar-refractivity contribution in [1.82, 2.24) is 0 Å². The minimum atomic E-state index is -0.238. The monoisotopic (exact) mass is 514 g/mol. The van der Waals surface area contributed by atoms with E-state index in [9.17, 15) is 0 Å². The second-order valence-corrected chi connectivity index (χ2v) is 8.64. The molecule has 0 radical (unpaired) electrons. The van der Waals surface area contributed by atoms with Gasteiger partial charge >= 0.3 is 0 Å². The molecular formula is C25H23IO4. The fraction of sp³-hybridized carbons (Fsp3) is 0.280. The molecule has 0 bridgehead atoms. The number of hydrogen-bond donors (Lipinski definition) is 0. The Labute approximate surface area is 190 Å². The van der Waals surface area contributed by atoms with Crippen molar-refractivity contribution >= 4 is 22.6 Å². The molecule has 0 aliphatic carbocycles. The van der Waals surface area contributed by atoms with Gasteiger partial charge in [-0.1, -0.05) is 60.7 Å². The summed E-state index contributed by atoms with van der Waals surface area (Å²) in [5.74, 6) is 0. The molecule has 2 aliphatic rings. The number of halogens is 1. The summed E-state index contributed by atoms with van der Waals surface area (Å²) in [5, 5.41) is 0. The Kier molecular flexibility index (Phi) is 5.89. The molecule has 2 heterocycles. The highest BCUT2D eigenvalue weighted by atomic mass is 127. The molecule has 0 amide bonds. The Morgan fingerprint density at radius 1 is 0.633 bits per heavy atom. The van der Waals surface area contributed by atoms with Crippen LogP contribution in [0, 0.1) is 10.5 Å². The van der Waals surface area contributed by atoms with Crippen molar-refractivity contribution in [3.8, 4) is 22.3 Å². The number of hydrogen-bond acceptors (Lipinski definition) is 4. The van der Waals surface area contributed by atoms with Gasteiger partial charge in [-0.2, -0.15) is 0 Å². The van der Waals surface area contributed by atoms with Gasteiger partial charge in [0.15, 0.2) is 12.6 Å². The summed E-state index contributed by atoms with van der Waals surface area (Å²) in [5.41, 5.74) is 8.20. The van der Waals surface area contributed by atoms with Crippen LogP contribution in [0.1, 0.15) is 29.3 Å². The number of aryl methyl sites for hydroxylation is 1. The minimum Gasteiger partial charge on any atom is -0.346 e. The van der Waals surface area contributed by atoms with Crippen LogP contribution in [0.3, 0.4) is 0 Å². The zero-order valence-electron chi connectivity index (χ0n) is 16.8. The van der Waals surface area contributed by atoms with Gasteiger partial charge in [0.2, 0.25) is 0 Å². The third kappa shape index (κ3) is 4.05. The summed E-state index contributed by atoms with van der Waals surface area (Å²) in [6.07, 6.45) is -0.477. The van der Waals surface area contributed by atoms with Crippen LogP contribution in [0.15, 0.2) is 60.7 Å². The first kappa shape index (κ1) is 20.2. The molecule has 5 heteroatoms. The van der Waals surface area contributed by atoms with Crippen LogP contribution in [0.4, 0.5) is 0 Å². The van der Waals surface area contributed by atoms with E-state index in [1.807, 2.05) is 0 Å². The molecule has 4 nitrogen and oxygen atoms in total. The summed E-state index contributed by atoms with van der Waals surface area (Å²) in [6, 6.07) is 21.5. The summed E-state index contributed by atoms with van der Waals surface area (Å²) in [4.78, 5) is 0. The average molecular weight is 514 g/mol. The lowest BCUT2D eigenvalue weighted by molar-refractivity contribution is -0.0443. The number of benzene rings is 3. The molecule has 5 rings (SSSR count). The lowest BCUT2D eigenvalue weighted by Gasteiger charge is -2.15. The highest BCUT2D eigenvalue weighted by Crippen LogP contribution is 2.36. The van der Waals surface area contributed by atoms with Gasteiger partial charge in [-0.3, -0.25) is 0 Å². The normalized spacial score (nSPS) is 17.7. The Balaban J connectivity index is 1.46. The predicted octanol–water partition coefficient (Wildman–Crippen LogP) is 6.02. The van der Waals surface area contributed by atoms with Crippen LogP contribution in [0.2, 0.25) is 0 Å². The van der Waals surface area contributed by atoms with Crippen LogP contribution in [0.25, 0.3) is 22.3 Å². The van der Waals surface area contributed by atoms with E-state index in [2.05, 4.69) is 90.2 Å². The van der Waals surface area contributed by atoms with Crippen molar-refractivity contribution in [3.05, 3.63) is 80.9 Å². The zero-order chi connectivity index (χ0) is 20.5. The van der Waals surface area contributed by atoms with Crippen molar-refractivity contribution < 1.29 is 18.9 Å². The van der Waals surface area contributed by atoms with E-state index >= 15 is 0 Å². The van der Waals surface area contributed by atoms with Crippen LogP contribution in [-0.2, 0) is 18.9 Å². The van der Waals surface area contributed by atoms with E-state index in [0.29, 0.717) is 26.4 Å². The van der Waals surface area contributed by atoms with Gasteiger partial charge in [-0.25, -0.2) is 0 Å². The van der Waals surface area contributed by atoms with E-state index in [4.69, 9.17) is 18.9 Å². The van der Waals surface area contributed by atoms with Crippen molar-refractivity contribution in [1.29, 1.82) is 0 Å². The smallest absolute Gasteiger partial charge is 0.184 e. The van der Waals surface area contributed by atoms with Crippen molar-refractivity contribution in [2.45, 2.75) is 19.5 Å². The van der Waals surface area contributed by atoms with E-state index in [1.54, 1.807) is 0 Å². The van der Waals surface area contributed by atoms with Crippen molar-refractivity contribution in [2.24, 2.45) is 0 Å². The van der Waals surface area contributed by atoms with E-state index in [-0.39, 0.29) is 12.6 Å². The SMILES string of the molecule is Cc1cc(-c2ccc(C3OCCO3)cc2)c(I)c(-c2ccc(C3OCCO3)cc2)c1. The van der Waals surface area contributed by atoms with Gasteiger partial charge in [0.1, 0.15) is 0 Å². The molecule has 3 aromatic carbocycles. The second kappa shape index (κ2) is 8.77. The quantitative estimate of drug-likeness (QED) is 0.399. The Morgan fingerprint density at radius 3 is 1.37 bits per heavy atom. The molecule has 30 heavy (non-hydrogen) atoms. The molecule has 0 atom stereocenters. The van der Waals surface area contributed by atoms with E-state index < -0.39 is 0 Å². The lowest BCUT2D eigenvalue weighted by atomic mass is 9.95. The summed E-state index contributed by atoms with van der Waals surface area (Å²) >= 11 is 2.46. The van der Waals surface area contributed by atoms with E-state index in [0.717, 1.165) is 11.1 Å². The van der Waals surface area contributed by atoms with E-state index in [1.165, 1.54) is 31.4 Å². The third-order valence-corrected chi connectivity index (χ3v) is 6.61. The average Bonchev–Trinajstić information content (AvgIpc) is 3.50. The maximum Gasteiger partial charge on any atom is 0.184 e. The molecule has 3 aromatic rings. The molecule has 0 saturated carbocycles. The molecule has 2 fully saturated rings. The lowest BCUT2D eigenvalue weighted by Crippen LogP contribution is -1.98. The number of rotatable bonds is 4. The van der Waals surface area contributed by atoms with Gasteiger partial charge in [-0.15, -0.1) is 0 Å². The molecule has 2 aliphatic heterocycles. The first-order valence-electron chi connectivity index (χ1n) is 10.2. The Morgan fingerprint density at radius 2 is 1.00 bits per heavy atom. The molecule has 0 spiro atoms. The molecule has 0 unspecified atom stereocenters. The summed E-state index contributed by atoms with van der Waals surface area (Å²) in [6.45, 7) is 4.77. The highest BCUT2D eigenvalue weighted by molar-refractivity contribution is 14.1. The topological polar surface area (TPSA) is 36.9 Å². The summed E-state index contributed by atoms with van der Waals surface area (Å²) < 4.78 is 23.7. The fourth-order valence-electron chi connectivity index (χ4n) is 3.93. The van der Waals surface area contributed by atoms with Crippen molar-refractivity contribution in [3.63, 3.8) is 0 Å². The Bertz CT molecular complexity index is 938. The maximum atomic E-state index is 5.61. The molecular weight excluding hydrogens is 491 g/mol. The molecule has 154 valence electrons. The van der Waals surface area contributed by atoms with Gasteiger partial charge in [0.25, 0.3) is 0 Å². The van der Waals surface area contributed by atoms with Gasteiger partial charge < -0.3 is 18.9 Å². The first-order chi connectivity index (χ1) is 14.7. The fourth-order valence-corrected chi connectivity index (χ4v) is 4.86. The standard InChI is InChI=1S/C25H23IO4/c1-16-14-21(17-2-6-19(7-3-17)24-27-10-11-28-24)23(26)22(15-16)18-4-8-20(9-5-18)25-29-12-13-30-25/h2-9,14-15,24-25H,10-13H2,1H3. The van der Waals surface area contributed by atoms with Crippen LogP contribution >= 0.6 is 22.6 Å².